The van der Waals surface area contributed by atoms with Gasteiger partial charge in [-0.1, -0.05) is 26.8 Å². The molecule has 0 bridgehead atoms. The molecule has 0 amide bonds. The predicted molar refractivity (Wildman–Crippen MR) is 73.2 cm³/mol. The third kappa shape index (κ3) is 4.22. The summed E-state index contributed by atoms with van der Waals surface area (Å²) in [5.74, 6) is 1.34. The monoisotopic (exact) mass is 252 g/mol. The van der Waals surface area contributed by atoms with E-state index < -0.39 is 6.10 Å². The van der Waals surface area contributed by atoms with Gasteiger partial charge >= 0.3 is 0 Å². The second kappa shape index (κ2) is 6.10. The van der Waals surface area contributed by atoms with Crippen LogP contribution in [0, 0.1) is 5.41 Å². The molecule has 0 heterocycles. The molecule has 1 aromatic rings. The zero-order chi connectivity index (χ0) is 13.8. The molecule has 0 saturated heterocycles. The van der Waals surface area contributed by atoms with Gasteiger partial charge in [0.05, 0.1) is 20.3 Å². The van der Waals surface area contributed by atoms with E-state index in [0.717, 1.165) is 18.4 Å². The summed E-state index contributed by atoms with van der Waals surface area (Å²) in [7, 11) is 3.21. The van der Waals surface area contributed by atoms with Crippen LogP contribution >= 0.6 is 0 Å². The van der Waals surface area contributed by atoms with Crippen LogP contribution in [0.15, 0.2) is 18.2 Å². The van der Waals surface area contributed by atoms with Crippen LogP contribution in [-0.4, -0.2) is 19.3 Å². The molecule has 0 aliphatic carbocycles. The van der Waals surface area contributed by atoms with E-state index in [1.807, 2.05) is 18.2 Å². The van der Waals surface area contributed by atoms with Gasteiger partial charge < -0.3 is 14.6 Å². The van der Waals surface area contributed by atoms with Gasteiger partial charge in [0, 0.05) is 0 Å². The van der Waals surface area contributed by atoms with E-state index in [4.69, 9.17) is 9.47 Å². The van der Waals surface area contributed by atoms with Crippen molar-refractivity contribution >= 4 is 0 Å². The molecule has 1 aromatic carbocycles. The van der Waals surface area contributed by atoms with Gasteiger partial charge in [0.1, 0.15) is 0 Å². The van der Waals surface area contributed by atoms with Crippen LogP contribution in [-0.2, 0) is 0 Å². The molecule has 102 valence electrons. The Morgan fingerprint density at radius 3 is 2.22 bits per heavy atom. The lowest BCUT2D eigenvalue weighted by atomic mass is 9.88. The molecule has 1 rings (SSSR count). The van der Waals surface area contributed by atoms with Crippen molar-refractivity contribution in [2.45, 2.75) is 39.7 Å². The lowest BCUT2D eigenvalue weighted by Gasteiger charge is -2.21. The quantitative estimate of drug-likeness (QED) is 0.870. The van der Waals surface area contributed by atoms with Gasteiger partial charge in [0.15, 0.2) is 11.5 Å². The van der Waals surface area contributed by atoms with Crippen LogP contribution in [0.1, 0.15) is 45.3 Å². The summed E-state index contributed by atoms with van der Waals surface area (Å²) >= 11 is 0. The lowest BCUT2D eigenvalue weighted by Crippen LogP contribution is -2.08. The fraction of sp³-hybridized carbons (Fsp3) is 0.600. The Morgan fingerprint density at radius 1 is 1.11 bits per heavy atom. The molecule has 0 aliphatic heterocycles. The van der Waals surface area contributed by atoms with Crippen molar-refractivity contribution in [3.63, 3.8) is 0 Å². The lowest BCUT2D eigenvalue weighted by molar-refractivity contribution is 0.147. The second-order valence-electron chi connectivity index (χ2n) is 5.73. The largest absolute Gasteiger partial charge is 0.493 e. The number of rotatable bonds is 5. The molecule has 0 aromatic heterocycles. The van der Waals surface area contributed by atoms with Crippen LogP contribution < -0.4 is 9.47 Å². The van der Waals surface area contributed by atoms with Crippen LogP contribution in [0.2, 0.25) is 0 Å². The van der Waals surface area contributed by atoms with Crippen molar-refractivity contribution in [3.8, 4) is 11.5 Å². The summed E-state index contributed by atoms with van der Waals surface area (Å²) in [4.78, 5) is 0. The predicted octanol–water partition coefficient (Wildman–Crippen LogP) is 3.56. The smallest absolute Gasteiger partial charge is 0.161 e. The number of methoxy groups -OCH3 is 2. The summed E-state index contributed by atoms with van der Waals surface area (Å²) in [5, 5.41) is 10.2. The van der Waals surface area contributed by atoms with E-state index in [2.05, 4.69) is 20.8 Å². The maximum atomic E-state index is 10.2. The third-order valence-electron chi connectivity index (χ3n) is 2.96. The number of aliphatic hydroxyl groups excluding tert-OH is 1. The molecule has 1 atom stereocenters. The summed E-state index contributed by atoms with van der Waals surface area (Å²) in [5.41, 5.74) is 1.11. The molecular formula is C15H24O3. The highest BCUT2D eigenvalue weighted by Gasteiger charge is 2.16. The highest BCUT2D eigenvalue weighted by atomic mass is 16.5. The maximum Gasteiger partial charge on any atom is 0.161 e. The first kappa shape index (κ1) is 14.8. The fourth-order valence-electron chi connectivity index (χ4n) is 1.80. The van der Waals surface area contributed by atoms with E-state index in [1.165, 1.54) is 0 Å². The van der Waals surface area contributed by atoms with Gasteiger partial charge in [-0.15, -0.1) is 0 Å². The van der Waals surface area contributed by atoms with Crippen LogP contribution in [0.25, 0.3) is 0 Å². The highest BCUT2D eigenvalue weighted by molar-refractivity contribution is 5.43. The zero-order valence-corrected chi connectivity index (χ0v) is 12.0. The highest BCUT2D eigenvalue weighted by Crippen LogP contribution is 2.33. The number of aliphatic hydroxyl groups is 1. The van der Waals surface area contributed by atoms with E-state index in [0.29, 0.717) is 11.5 Å². The Morgan fingerprint density at radius 2 is 1.72 bits per heavy atom. The molecule has 3 nitrogen and oxygen atoms in total. The van der Waals surface area contributed by atoms with Crippen molar-refractivity contribution in [1.82, 2.24) is 0 Å². The zero-order valence-electron chi connectivity index (χ0n) is 12.0. The van der Waals surface area contributed by atoms with E-state index >= 15 is 0 Å². The average molecular weight is 252 g/mol. The number of ether oxygens (including phenoxy) is 2. The Kier molecular flexibility index (Phi) is 5.03. The van der Waals surface area contributed by atoms with Crippen molar-refractivity contribution in [3.05, 3.63) is 23.8 Å². The van der Waals surface area contributed by atoms with Gasteiger partial charge in [-0.3, -0.25) is 0 Å². The topological polar surface area (TPSA) is 38.7 Å². The Balaban J connectivity index is 2.77. The Bertz CT molecular complexity index is 380. The molecule has 1 N–H and O–H groups in total. The minimum absolute atomic E-state index is 0.234. The standard InChI is InChI=1S/C15H24O3/c1-15(2,3)9-8-12(16)11-6-7-13(17-4)14(10-11)18-5/h6-7,10,12,16H,8-9H2,1-5H3. The van der Waals surface area contributed by atoms with Crippen molar-refractivity contribution < 1.29 is 14.6 Å². The summed E-state index contributed by atoms with van der Waals surface area (Å²) in [6.45, 7) is 6.52. The first-order valence-electron chi connectivity index (χ1n) is 6.27. The molecule has 0 fully saturated rings. The molecule has 1 unspecified atom stereocenters. The SMILES string of the molecule is COc1ccc(C(O)CCC(C)(C)C)cc1OC. The minimum atomic E-state index is -0.455. The molecule has 0 aliphatic rings. The molecule has 0 saturated carbocycles. The average Bonchev–Trinajstić information content (AvgIpc) is 2.34. The molecular weight excluding hydrogens is 228 g/mol. The summed E-state index contributed by atoms with van der Waals surface area (Å²) < 4.78 is 10.4. The van der Waals surface area contributed by atoms with Crippen LogP contribution in [0.3, 0.4) is 0 Å². The summed E-state index contributed by atoms with van der Waals surface area (Å²) in [6.07, 6.45) is 1.27. The van der Waals surface area contributed by atoms with Crippen molar-refractivity contribution in [1.29, 1.82) is 0 Å². The molecule has 18 heavy (non-hydrogen) atoms. The van der Waals surface area contributed by atoms with Crippen molar-refractivity contribution in [2.75, 3.05) is 14.2 Å². The normalized spacial score (nSPS) is 13.2. The first-order chi connectivity index (χ1) is 8.37. The van der Waals surface area contributed by atoms with E-state index in [1.54, 1.807) is 14.2 Å². The van der Waals surface area contributed by atoms with Gasteiger partial charge in [-0.05, 0) is 36.0 Å². The van der Waals surface area contributed by atoms with Gasteiger partial charge in [-0.2, -0.15) is 0 Å². The van der Waals surface area contributed by atoms with Gasteiger partial charge in [0.2, 0.25) is 0 Å². The maximum absolute atomic E-state index is 10.2. The Hall–Kier alpha value is -1.22. The molecule has 0 spiro atoms. The third-order valence-corrected chi connectivity index (χ3v) is 2.96. The van der Waals surface area contributed by atoms with E-state index in [-0.39, 0.29) is 5.41 Å². The fourth-order valence-corrected chi connectivity index (χ4v) is 1.80. The molecule has 3 heteroatoms. The summed E-state index contributed by atoms with van der Waals surface area (Å²) in [6, 6.07) is 5.55. The number of benzene rings is 1. The minimum Gasteiger partial charge on any atom is -0.493 e. The first-order valence-corrected chi connectivity index (χ1v) is 6.27. The van der Waals surface area contributed by atoms with Crippen LogP contribution in [0.5, 0.6) is 11.5 Å². The van der Waals surface area contributed by atoms with Gasteiger partial charge in [-0.25, -0.2) is 0 Å². The van der Waals surface area contributed by atoms with Crippen molar-refractivity contribution in [2.24, 2.45) is 5.41 Å². The molecule has 0 radical (unpaired) electrons. The van der Waals surface area contributed by atoms with E-state index in [9.17, 15) is 5.11 Å². The number of hydrogen-bond acceptors (Lipinski definition) is 3. The Labute approximate surface area is 110 Å². The van der Waals surface area contributed by atoms with Crippen LogP contribution in [0.4, 0.5) is 0 Å². The number of hydrogen-bond donors (Lipinski definition) is 1. The second-order valence-corrected chi connectivity index (χ2v) is 5.73. The van der Waals surface area contributed by atoms with Gasteiger partial charge in [0.25, 0.3) is 0 Å².